The van der Waals surface area contributed by atoms with Crippen molar-refractivity contribution in [3.63, 3.8) is 0 Å². The number of amides is 1. The molecule has 1 fully saturated rings. The Morgan fingerprint density at radius 1 is 1.40 bits per heavy atom. The lowest BCUT2D eigenvalue weighted by atomic mass is 10.2. The Bertz CT molecular complexity index is 577. The van der Waals surface area contributed by atoms with Crippen molar-refractivity contribution in [3.05, 3.63) is 36.7 Å². The lowest BCUT2D eigenvalue weighted by molar-refractivity contribution is -0.130. The molecule has 1 aliphatic rings. The normalized spacial score (nSPS) is 18.1. The van der Waals surface area contributed by atoms with E-state index >= 15 is 0 Å². The van der Waals surface area contributed by atoms with Crippen LogP contribution in [-0.2, 0) is 16.1 Å². The van der Waals surface area contributed by atoms with Crippen molar-refractivity contribution in [2.75, 3.05) is 6.61 Å². The van der Waals surface area contributed by atoms with Gasteiger partial charge in [0, 0.05) is 24.6 Å². The van der Waals surface area contributed by atoms with Crippen LogP contribution >= 0.6 is 0 Å². The highest BCUT2D eigenvalue weighted by Crippen LogP contribution is 2.20. The number of hydrogen-bond donors (Lipinski definition) is 1. The zero-order valence-electron chi connectivity index (χ0n) is 10.9. The summed E-state index contributed by atoms with van der Waals surface area (Å²) >= 11 is 0. The minimum Gasteiger partial charge on any atom is -0.472 e. The van der Waals surface area contributed by atoms with Crippen LogP contribution in [0.3, 0.4) is 0 Å². The topological polar surface area (TPSA) is 77.3 Å². The van der Waals surface area contributed by atoms with E-state index in [2.05, 4.69) is 15.3 Å². The number of nitrogens with zero attached hydrogens (tertiary/aromatic N) is 2. The summed E-state index contributed by atoms with van der Waals surface area (Å²) < 4.78 is 10.4. The molecule has 3 heterocycles. The molecule has 6 heteroatoms. The average Bonchev–Trinajstić information content (AvgIpc) is 3.17. The number of ether oxygens (including phenoxy) is 1. The van der Waals surface area contributed by atoms with Crippen LogP contribution in [0.1, 0.15) is 18.5 Å². The highest BCUT2D eigenvalue weighted by Gasteiger charge is 2.23. The van der Waals surface area contributed by atoms with Gasteiger partial charge in [-0.15, -0.1) is 0 Å². The second-order valence-electron chi connectivity index (χ2n) is 4.58. The summed E-state index contributed by atoms with van der Waals surface area (Å²) in [5, 5.41) is 2.85. The van der Waals surface area contributed by atoms with Crippen molar-refractivity contribution < 1.29 is 13.9 Å². The molecule has 1 unspecified atom stereocenters. The fraction of sp³-hybridized carbons (Fsp3) is 0.357. The molecule has 2 aromatic heterocycles. The summed E-state index contributed by atoms with van der Waals surface area (Å²) in [6, 6.07) is 1.81. The predicted octanol–water partition coefficient (Wildman–Crippen LogP) is 1.53. The monoisotopic (exact) mass is 273 g/mol. The highest BCUT2D eigenvalue weighted by atomic mass is 16.5. The highest BCUT2D eigenvalue weighted by molar-refractivity contribution is 5.81. The van der Waals surface area contributed by atoms with Gasteiger partial charge in [0.15, 0.2) is 0 Å². The van der Waals surface area contributed by atoms with Crippen molar-refractivity contribution >= 4 is 5.91 Å². The third-order valence-corrected chi connectivity index (χ3v) is 3.22. The first kappa shape index (κ1) is 12.8. The van der Waals surface area contributed by atoms with E-state index in [1.165, 1.54) is 0 Å². The van der Waals surface area contributed by atoms with Gasteiger partial charge >= 0.3 is 0 Å². The van der Waals surface area contributed by atoms with Gasteiger partial charge in [-0.25, -0.2) is 0 Å². The molecule has 1 saturated heterocycles. The van der Waals surface area contributed by atoms with E-state index in [-0.39, 0.29) is 12.0 Å². The molecule has 0 saturated carbocycles. The van der Waals surface area contributed by atoms with E-state index in [0.717, 1.165) is 18.4 Å². The SMILES string of the molecule is O=C(NCc1nccnc1-c1ccoc1)C1CCCO1. The molecule has 2 aromatic rings. The summed E-state index contributed by atoms with van der Waals surface area (Å²) in [6.07, 6.45) is 7.80. The summed E-state index contributed by atoms with van der Waals surface area (Å²) in [5.74, 6) is -0.0914. The van der Waals surface area contributed by atoms with Crippen LogP contribution in [-0.4, -0.2) is 28.6 Å². The van der Waals surface area contributed by atoms with E-state index in [1.54, 1.807) is 24.9 Å². The molecule has 6 nitrogen and oxygen atoms in total. The molecule has 0 bridgehead atoms. The van der Waals surface area contributed by atoms with E-state index < -0.39 is 0 Å². The van der Waals surface area contributed by atoms with Crippen molar-refractivity contribution in [2.45, 2.75) is 25.5 Å². The maximum Gasteiger partial charge on any atom is 0.249 e. The minimum absolute atomic E-state index is 0.0914. The molecule has 104 valence electrons. The molecule has 3 rings (SSSR count). The second-order valence-corrected chi connectivity index (χ2v) is 4.58. The van der Waals surface area contributed by atoms with Crippen LogP contribution in [0.15, 0.2) is 35.4 Å². The number of hydrogen-bond acceptors (Lipinski definition) is 5. The number of furan rings is 1. The lowest BCUT2D eigenvalue weighted by Crippen LogP contribution is -2.34. The predicted molar refractivity (Wildman–Crippen MR) is 70.6 cm³/mol. The maximum atomic E-state index is 11.9. The van der Waals surface area contributed by atoms with Crippen LogP contribution in [0.5, 0.6) is 0 Å². The molecule has 0 radical (unpaired) electrons. The molecule has 1 amide bonds. The van der Waals surface area contributed by atoms with Crippen LogP contribution in [0.2, 0.25) is 0 Å². The van der Waals surface area contributed by atoms with Gasteiger partial charge in [0.25, 0.3) is 0 Å². The average molecular weight is 273 g/mol. The standard InChI is InChI=1S/C14H15N3O3/c18-14(12-2-1-6-20-12)17-8-11-13(16-5-4-15-11)10-3-7-19-9-10/h3-5,7,9,12H,1-2,6,8H2,(H,17,18). The number of carbonyl (C=O) groups excluding carboxylic acids is 1. The first-order valence-corrected chi connectivity index (χ1v) is 6.56. The first-order chi connectivity index (χ1) is 9.84. The Morgan fingerprint density at radius 2 is 2.30 bits per heavy atom. The number of rotatable bonds is 4. The Morgan fingerprint density at radius 3 is 3.05 bits per heavy atom. The largest absolute Gasteiger partial charge is 0.472 e. The molecule has 0 aromatic carbocycles. The van der Waals surface area contributed by atoms with Gasteiger partial charge in [0.2, 0.25) is 5.91 Å². The number of aromatic nitrogens is 2. The van der Waals surface area contributed by atoms with E-state index in [9.17, 15) is 4.79 Å². The molecule has 0 aliphatic carbocycles. The van der Waals surface area contributed by atoms with Crippen LogP contribution in [0, 0.1) is 0 Å². The summed E-state index contributed by atoms with van der Waals surface area (Å²) in [6.45, 7) is 0.983. The van der Waals surface area contributed by atoms with Gasteiger partial charge in [0.05, 0.1) is 30.5 Å². The molecule has 20 heavy (non-hydrogen) atoms. The van der Waals surface area contributed by atoms with E-state index in [4.69, 9.17) is 9.15 Å². The van der Waals surface area contributed by atoms with Gasteiger partial charge in [-0.1, -0.05) is 0 Å². The Kier molecular flexibility index (Phi) is 3.73. The number of nitrogens with one attached hydrogen (secondary N) is 1. The van der Waals surface area contributed by atoms with Gasteiger partial charge in [-0.2, -0.15) is 0 Å². The maximum absolute atomic E-state index is 11.9. The first-order valence-electron chi connectivity index (χ1n) is 6.56. The smallest absolute Gasteiger partial charge is 0.249 e. The van der Waals surface area contributed by atoms with E-state index in [0.29, 0.717) is 24.5 Å². The Balaban J connectivity index is 1.70. The van der Waals surface area contributed by atoms with Crippen LogP contribution in [0.4, 0.5) is 0 Å². The summed E-state index contributed by atoms with van der Waals surface area (Å²) in [5.41, 5.74) is 2.27. The van der Waals surface area contributed by atoms with Crippen molar-refractivity contribution in [3.8, 4) is 11.3 Å². The zero-order chi connectivity index (χ0) is 13.8. The van der Waals surface area contributed by atoms with Gasteiger partial charge in [-0.05, 0) is 18.9 Å². The van der Waals surface area contributed by atoms with Crippen molar-refractivity contribution in [1.82, 2.24) is 15.3 Å². The number of carbonyl (C=O) groups is 1. The molecule has 1 aliphatic heterocycles. The fourth-order valence-corrected chi connectivity index (χ4v) is 2.21. The van der Waals surface area contributed by atoms with E-state index in [1.807, 2.05) is 6.07 Å². The fourth-order valence-electron chi connectivity index (χ4n) is 2.21. The van der Waals surface area contributed by atoms with Crippen molar-refractivity contribution in [1.29, 1.82) is 0 Å². The third-order valence-electron chi connectivity index (χ3n) is 3.22. The third kappa shape index (κ3) is 2.70. The molecule has 1 N–H and O–H groups in total. The Hall–Kier alpha value is -2.21. The van der Waals surface area contributed by atoms with Gasteiger partial charge in [-0.3, -0.25) is 14.8 Å². The summed E-state index contributed by atoms with van der Waals surface area (Å²) in [4.78, 5) is 20.5. The van der Waals surface area contributed by atoms with Gasteiger partial charge < -0.3 is 14.5 Å². The molecular formula is C14H15N3O3. The van der Waals surface area contributed by atoms with Crippen molar-refractivity contribution in [2.24, 2.45) is 0 Å². The molecule has 0 spiro atoms. The molecular weight excluding hydrogens is 258 g/mol. The van der Waals surface area contributed by atoms with Crippen LogP contribution < -0.4 is 5.32 Å². The molecule has 1 atom stereocenters. The van der Waals surface area contributed by atoms with Gasteiger partial charge in [0.1, 0.15) is 6.10 Å². The second kappa shape index (κ2) is 5.83. The van der Waals surface area contributed by atoms with Crippen LogP contribution in [0.25, 0.3) is 11.3 Å². The zero-order valence-corrected chi connectivity index (χ0v) is 10.9. The quantitative estimate of drug-likeness (QED) is 0.914. The minimum atomic E-state index is -0.330. The summed E-state index contributed by atoms with van der Waals surface area (Å²) in [7, 11) is 0. The Labute approximate surface area is 116 Å². The lowest BCUT2D eigenvalue weighted by Gasteiger charge is -2.11.